The lowest BCUT2D eigenvalue weighted by Gasteiger charge is -2.11. The lowest BCUT2D eigenvalue weighted by Crippen LogP contribution is -2.23. The summed E-state index contributed by atoms with van der Waals surface area (Å²) in [6.45, 7) is 0. The lowest BCUT2D eigenvalue weighted by molar-refractivity contribution is -0.127. The molecule has 4 nitrogen and oxygen atoms in total. The summed E-state index contributed by atoms with van der Waals surface area (Å²) >= 11 is 0. The van der Waals surface area contributed by atoms with Crippen molar-refractivity contribution in [2.75, 3.05) is 21.2 Å². The van der Waals surface area contributed by atoms with Gasteiger partial charge in [0.25, 0.3) is 0 Å². The van der Waals surface area contributed by atoms with E-state index in [9.17, 15) is 4.79 Å². The van der Waals surface area contributed by atoms with Crippen LogP contribution in [0.25, 0.3) is 0 Å². The summed E-state index contributed by atoms with van der Waals surface area (Å²) in [6.07, 6.45) is 1.96. The van der Waals surface area contributed by atoms with Gasteiger partial charge in [-0.3, -0.25) is 4.79 Å². The van der Waals surface area contributed by atoms with E-state index in [1.165, 1.54) is 0 Å². The highest BCUT2D eigenvalue weighted by atomic mass is 16.5. The highest BCUT2D eigenvalue weighted by Gasteiger charge is 2.10. The van der Waals surface area contributed by atoms with Crippen molar-refractivity contribution in [1.29, 1.82) is 0 Å². The maximum atomic E-state index is 11.4. The van der Waals surface area contributed by atoms with Gasteiger partial charge in [0.05, 0.1) is 13.5 Å². The SMILES string of the molecule is COc1ncccc1CC(=O)N(C)C. The summed E-state index contributed by atoms with van der Waals surface area (Å²) < 4.78 is 5.04. The van der Waals surface area contributed by atoms with E-state index in [2.05, 4.69) is 4.98 Å². The molecule has 0 radical (unpaired) electrons. The third-order valence-electron chi connectivity index (χ3n) is 1.88. The lowest BCUT2D eigenvalue weighted by atomic mass is 10.2. The molecule has 14 heavy (non-hydrogen) atoms. The van der Waals surface area contributed by atoms with Crippen molar-refractivity contribution in [3.8, 4) is 5.88 Å². The topological polar surface area (TPSA) is 42.4 Å². The molecule has 0 spiro atoms. The second-order valence-corrected chi connectivity index (χ2v) is 3.14. The summed E-state index contributed by atoms with van der Waals surface area (Å²) in [4.78, 5) is 17.0. The molecule has 1 heterocycles. The Balaban J connectivity index is 2.80. The molecule has 0 atom stereocenters. The fraction of sp³-hybridized carbons (Fsp3) is 0.400. The molecular formula is C10H14N2O2. The molecule has 0 fully saturated rings. The Morgan fingerprint density at radius 2 is 2.29 bits per heavy atom. The second-order valence-electron chi connectivity index (χ2n) is 3.14. The number of amides is 1. The van der Waals surface area contributed by atoms with Gasteiger partial charge in [-0.1, -0.05) is 6.07 Å². The number of carbonyl (C=O) groups is 1. The summed E-state index contributed by atoms with van der Waals surface area (Å²) in [6, 6.07) is 3.63. The molecule has 0 saturated carbocycles. The first-order valence-corrected chi connectivity index (χ1v) is 4.33. The Morgan fingerprint density at radius 3 is 2.86 bits per heavy atom. The number of rotatable bonds is 3. The Hall–Kier alpha value is -1.58. The monoisotopic (exact) mass is 194 g/mol. The van der Waals surface area contributed by atoms with Gasteiger partial charge < -0.3 is 9.64 Å². The van der Waals surface area contributed by atoms with Crippen LogP contribution in [0.4, 0.5) is 0 Å². The second kappa shape index (κ2) is 4.60. The quantitative estimate of drug-likeness (QED) is 0.712. The first-order chi connectivity index (χ1) is 6.65. The van der Waals surface area contributed by atoms with E-state index in [0.29, 0.717) is 12.3 Å². The number of nitrogens with zero attached hydrogens (tertiary/aromatic N) is 2. The minimum Gasteiger partial charge on any atom is -0.481 e. The fourth-order valence-electron chi connectivity index (χ4n) is 1.06. The van der Waals surface area contributed by atoms with Gasteiger partial charge in [-0.05, 0) is 6.07 Å². The van der Waals surface area contributed by atoms with Crippen molar-refractivity contribution in [3.63, 3.8) is 0 Å². The van der Waals surface area contributed by atoms with E-state index >= 15 is 0 Å². The number of hydrogen-bond acceptors (Lipinski definition) is 3. The molecule has 1 rings (SSSR count). The van der Waals surface area contributed by atoms with Gasteiger partial charge in [0.15, 0.2) is 0 Å². The van der Waals surface area contributed by atoms with Gasteiger partial charge >= 0.3 is 0 Å². The molecular weight excluding hydrogens is 180 g/mol. The molecule has 0 unspecified atom stereocenters. The molecule has 0 aromatic carbocycles. The predicted molar refractivity (Wildman–Crippen MR) is 53.2 cm³/mol. The van der Waals surface area contributed by atoms with Crippen LogP contribution in [0.1, 0.15) is 5.56 Å². The van der Waals surface area contributed by atoms with Crippen LogP contribution in [0, 0.1) is 0 Å². The molecule has 0 N–H and O–H groups in total. The van der Waals surface area contributed by atoms with E-state index in [1.54, 1.807) is 38.4 Å². The number of ether oxygens (including phenoxy) is 1. The zero-order valence-electron chi connectivity index (χ0n) is 8.65. The molecule has 4 heteroatoms. The Kier molecular flexibility index (Phi) is 3.45. The van der Waals surface area contributed by atoms with Gasteiger partial charge in [0, 0.05) is 25.9 Å². The zero-order valence-corrected chi connectivity index (χ0v) is 8.65. The van der Waals surface area contributed by atoms with Crippen LogP contribution in [0.2, 0.25) is 0 Å². The van der Waals surface area contributed by atoms with Gasteiger partial charge in [0.2, 0.25) is 11.8 Å². The van der Waals surface area contributed by atoms with Crippen molar-refractivity contribution >= 4 is 5.91 Å². The van der Waals surface area contributed by atoms with E-state index in [1.807, 2.05) is 6.07 Å². The summed E-state index contributed by atoms with van der Waals surface area (Å²) in [7, 11) is 5.00. The number of carbonyl (C=O) groups excluding carboxylic acids is 1. The van der Waals surface area contributed by atoms with Crippen molar-refractivity contribution in [2.45, 2.75) is 6.42 Å². The van der Waals surface area contributed by atoms with Crippen molar-refractivity contribution in [1.82, 2.24) is 9.88 Å². The van der Waals surface area contributed by atoms with Gasteiger partial charge in [0.1, 0.15) is 0 Å². The van der Waals surface area contributed by atoms with Crippen LogP contribution in [-0.4, -0.2) is 37.0 Å². The molecule has 1 aromatic rings. The molecule has 0 aliphatic heterocycles. The average molecular weight is 194 g/mol. The summed E-state index contributed by atoms with van der Waals surface area (Å²) in [5.41, 5.74) is 0.814. The van der Waals surface area contributed by atoms with E-state index in [0.717, 1.165) is 5.56 Å². The first kappa shape index (κ1) is 10.5. The summed E-state index contributed by atoms with van der Waals surface area (Å²) in [5.74, 6) is 0.555. The summed E-state index contributed by atoms with van der Waals surface area (Å²) in [5, 5.41) is 0. The number of aromatic nitrogens is 1. The predicted octanol–water partition coefficient (Wildman–Crippen LogP) is 0.721. The number of pyridine rings is 1. The molecule has 0 bridgehead atoms. The van der Waals surface area contributed by atoms with Crippen molar-refractivity contribution in [3.05, 3.63) is 23.9 Å². The highest BCUT2D eigenvalue weighted by molar-refractivity contribution is 5.78. The van der Waals surface area contributed by atoms with Gasteiger partial charge in [-0.25, -0.2) is 4.98 Å². The molecule has 1 amide bonds. The molecule has 0 aliphatic carbocycles. The standard InChI is InChI=1S/C10H14N2O2/c1-12(2)9(13)7-8-5-4-6-11-10(8)14-3/h4-6H,7H2,1-3H3. The third kappa shape index (κ3) is 2.45. The number of methoxy groups -OCH3 is 1. The van der Waals surface area contributed by atoms with Gasteiger partial charge in [-0.2, -0.15) is 0 Å². The smallest absolute Gasteiger partial charge is 0.226 e. The zero-order chi connectivity index (χ0) is 10.6. The van der Waals surface area contributed by atoms with E-state index in [4.69, 9.17) is 4.74 Å². The maximum Gasteiger partial charge on any atom is 0.226 e. The average Bonchev–Trinajstić information content (AvgIpc) is 2.18. The van der Waals surface area contributed by atoms with Crippen LogP contribution in [0.5, 0.6) is 5.88 Å². The van der Waals surface area contributed by atoms with Crippen molar-refractivity contribution in [2.24, 2.45) is 0 Å². The van der Waals surface area contributed by atoms with Crippen molar-refractivity contribution < 1.29 is 9.53 Å². The molecule has 0 aliphatic rings. The van der Waals surface area contributed by atoms with Crippen LogP contribution in [0.15, 0.2) is 18.3 Å². The Labute approximate surface area is 83.5 Å². The minimum atomic E-state index is 0.0382. The minimum absolute atomic E-state index is 0.0382. The Morgan fingerprint density at radius 1 is 1.57 bits per heavy atom. The van der Waals surface area contributed by atoms with Crippen LogP contribution < -0.4 is 4.74 Å². The van der Waals surface area contributed by atoms with Crippen LogP contribution in [-0.2, 0) is 11.2 Å². The van der Waals surface area contributed by atoms with E-state index in [-0.39, 0.29) is 5.91 Å². The van der Waals surface area contributed by atoms with E-state index < -0.39 is 0 Å². The normalized spacial score (nSPS) is 9.64. The fourth-order valence-corrected chi connectivity index (χ4v) is 1.06. The van der Waals surface area contributed by atoms with Crippen LogP contribution >= 0.6 is 0 Å². The number of hydrogen-bond donors (Lipinski definition) is 0. The first-order valence-electron chi connectivity index (χ1n) is 4.33. The largest absolute Gasteiger partial charge is 0.481 e. The third-order valence-corrected chi connectivity index (χ3v) is 1.88. The Bertz CT molecular complexity index is 324. The van der Waals surface area contributed by atoms with Crippen LogP contribution in [0.3, 0.4) is 0 Å². The van der Waals surface area contributed by atoms with Gasteiger partial charge in [-0.15, -0.1) is 0 Å². The molecule has 76 valence electrons. The molecule has 0 saturated heterocycles. The number of likely N-dealkylation sites (N-methyl/N-ethyl adjacent to an activating group) is 1. The highest BCUT2D eigenvalue weighted by Crippen LogP contribution is 2.14. The molecule has 1 aromatic heterocycles. The maximum absolute atomic E-state index is 11.4.